The Morgan fingerprint density at radius 3 is 2.68 bits per heavy atom. The second-order valence-corrected chi connectivity index (χ2v) is 5.22. The third-order valence-corrected chi connectivity index (χ3v) is 3.35. The largest absolute Gasteiger partial charge is 0.484 e. The second-order valence-electron chi connectivity index (χ2n) is 4.31. The highest BCUT2D eigenvalue weighted by Gasteiger charge is 2.12. The molecule has 2 aromatic carbocycles. The minimum Gasteiger partial charge on any atom is -0.484 e. The Morgan fingerprint density at radius 1 is 1.26 bits per heavy atom. The Hall–Kier alpha value is -1.39. The van der Waals surface area contributed by atoms with Crippen LogP contribution in [0.3, 0.4) is 0 Å². The molecule has 0 spiro atoms. The normalized spacial score (nSPS) is 12.2. The van der Waals surface area contributed by atoms with Crippen LogP contribution >= 0.6 is 15.9 Å². The molecular weight excluding hydrogens is 309 g/mol. The van der Waals surface area contributed by atoms with Gasteiger partial charge in [0.05, 0.1) is 0 Å². The highest BCUT2D eigenvalue weighted by atomic mass is 79.9. The quantitative estimate of drug-likeness (QED) is 0.923. The Morgan fingerprint density at radius 2 is 2.05 bits per heavy atom. The van der Waals surface area contributed by atoms with Crippen LogP contribution in [-0.2, 0) is 0 Å². The molecule has 0 aliphatic carbocycles. The lowest BCUT2D eigenvalue weighted by atomic mass is 10.1. The molecule has 0 radical (unpaired) electrons. The molecule has 0 amide bonds. The second kappa shape index (κ2) is 6.17. The van der Waals surface area contributed by atoms with Crippen molar-refractivity contribution in [2.24, 2.45) is 5.73 Å². The molecule has 4 heteroatoms. The Bertz CT molecular complexity index is 574. The topological polar surface area (TPSA) is 35.2 Å². The van der Waals surface area contributed by atoms with E-state index < -0.39 is 0 Å². The van der Waals surface area contributed by atoms with E-state index in [9.17, 15) is 4.39 Å². The van der Waals surface area contributed by atoms with Crippen LogP contribution in [0.2, 0.25) is 0 Å². The SMILES string of the molecule is Cc1ccc(OC(CN)c2cccc(Br)c2)cc1F. The molecule has 0 aliphatic heterocycles. The lowest BCUT2D eigenvalue weighted by Gasteiger charge is -2.18. The van der Waals surface area contributed by atoms with Gasteiger partial charge in [-0.2, -0.15) is 0 Å². The van der Waals surface area contributed by atoms with Crippen molar-refractivity contribution >= 4 is 15.9 Å². The lowest BCUT2D eigenvalue weighted by Crippen LogP contribution is -2.18. The van der Waals surface area contributed by atoms with E-state index in [1.807, 2.05) is 24.3 Å². The van der Waals surface area contributed by atoms with Crippen molar-refractivity contribution < 1.29 is 9.13 Å². The molecule has 0 heterocycles. The first-order valence-corrected chi connectivity index (χ1v) is 6.78. The molecule has 0 aromatic heterocycles. The van der Waals surface area contributed by atoms with Gasteiger partial charge in [-0.25, -0.2) is 4.39 Å². The number of nitrogens with two attached hydrogens (primary N) is 1. The summed E-state index contributed by atoms with van der Waals surface area (Å²) in [5.74, 6) is 0.209. The van der Waals surface area contributed by atoms with Crippen LogP contribution in [0.4, 0.5) is 4.39 Å². The van der Waals surface area contributed by atoms with Crippen molar-refractivity contribution in [1.82, 2.24) is 0 Å². The van der Waals surface area contributed by atoms with Gasteiger partial charge in [-0.1, -0.05) is 34.1 Å². The van der Waals surface area contributed by atoms with Crippen molar-refractivity contribution in [1.29, 1.82) is 0 Å². The fourth-order valence-electron chi connectivity index (χ4n) is 1.77. The van der Waals surface area contributed by atoms with Crippen LogP contribution in [0.15, 0.2) is 46.9 Å². The Kier molecular flexibility index (Phi) is 4.56. The smallest absolute Gasteiger partial charge is 0.136 e. The standard InChI is InChI=1S/C15H15BrFNO/c1-10-5-6-13(8-14(10)17)19-15(9-18)11-3-2-4-12(16)7-11/h2-8,15H,9,18H2,1H3. The molecule has 2 N–H and O–H groups in total. The number of aryl methyl sites for hydroxylation is 1. The van der Waals surface area contributed by atoms with Gasteiger partial charge in [0.1, 0.15) is 17.7 Å². The van der Waals surface area contributed by atoms with Crippen molar-refractivity contribution in [2.75, 3.05) is 6.54 Å². The number of halogens is 2. The zero-order chi connectivity index (χ0) is 13.8. The van der Waals surface area contributed by atoms with Gasteiger partial charge in [-0.15, -0.1) is 0 Å². The maximum atomic E-state index is 13.5. The molecule has 1 atom stereocenters. The van der Waals surface area contributed by atoms with Crippen LogP contribution in [0.5, 0.6) is 5.75 Å². The maximum Gasteiger partial charge on any atom is 0.136 e. The first-order chi connectivity index (χ1) is 9.10. The lowest BCUT2D eigenvalue weighted by molar-refractivity contribution is 0.213. The summed E-state index contributed by atoms with van der Waals surface area (Å²) in [4.78, 5) is 0. The molecule has 1 unspecified atom stereocenters. The van der Waals surface area contributed by atoms with E-state index >= 15 is 0 Å². The molecule has 0 aliphatic rings. The number of hydrogen-bond donors (Lipinski definition) is 1. The van der Waals surface area contributed by atoms with Crippen molar-refractivity contribution in [3.05, 3.63) is 63.9 Å². The predicted molar refractivity (Wildman–Crippen MR) is 77.7 cm³/mol. The van der Waals surface area contributed by atoms with Gasteiger partial charge in [0.25, 0.3) is 0 Å². The molecular formula is C15H15BrFNO. The highest BCUT2D eigenvalue weighted by Crippen LogP contribution is 2.24. The van der Waals surface area contributed by atoms with Crippen molar-refractivity contribution in [2.45, 2.75) is 13.0 Å². The summed E-state index contributed by atoms with van der Waals surface area (Å²) in [5, 5.41) is 0. The van der Waals surface area contributed by atoms with E-state index in [0.29, 0.717) is 17.9 Å². The number of rotatable bonds is 4. The van der Waals surface area contributed by atoms with Crippen molar-refractivity contribution in [3.63, 3.8) is 0 Å². The third-order valence-electron chi connectivity index (χ3n) is 2.86. The molecule has 0 fully saturated rings. The molecule has 0 saturated heterocycles. The molecule has 2 aromatic rings. The van der Waals surface area contributed by atoms with Crippen LogP contribution < -0.4 is 10.5 Å². The van der Waals surface area contributed by atoms with Crippen LogP contribution in [0.25, 0.3) is 0 Å². The first kappa shape index (κ1) is 14.0. The summed E-state index contributed by atoms with van der Waals surface area (Å²) < 4.78 is 20.2. The summed E-state index contributed by atoms with van der Waals surface area (Å²) >= 11 is 3.41. The molecule has 2 nitrogen and oxygen atoms in total. The minimum absolute atomic E-state index is 0.275. The number of hydrogen-bond acceptors (Lipinski definition) is 2. The van der Waals surface area contributed by atoms with Gasteiger partial charge >= 0.3 is 0 Å². The van der Waals surface area contributed by atoms with E-state index in [0.717, 1.165) is 10.0 Å². The fourth-order valence-corrected chi connectivity index (χ4v) is 2.19. The van der Waals surface area contributed by atoms with Gasteiger partial charge in [-0.3, -0.25) is 0 Å². The van der Waals surface area contributed by atoms with Crippen molar-refractivity contribution in [3.8, 4) is 5.75 Å². The minimum atomic E-state index is -0.292. The zero-order valence-electron chi connectivity index (χ0n) is 10.6. The summed E-state index contributed by atoms with van der Waals surface area (Å²) in [6, 6.07) is 12.6. The van der Waals surface area contributed by atoms with Gasteiger partial charge in [0.2, 0.25) is 0 Å². The summed E-state index contributed by atoms with van der Waals surface area (Å²) in [6.07, 6.45) is -0.292. The highest BCUT2D eigenvalue weighted by molar-refractivity contribution is 9.10. The fraction of sp³-hybridized carbons (Fsp3) is 0.200. The van der Waals surface area contributed by atoms with Crippen LogP contribution in [0.1, 0.15) is 17.2 Å². The third kappa shape index (κ3) is 3.55. The van der Waals surface area contributed by atoms with E-state index in [1.165, 1.54) is 6.07 Å². The predicted octanol–water partition coefficient (Wildman–Crippen LogP) is 3.98. The number of benzene rings is 2. The first-order valence-electron chi connectivity index (χ1n) is 5.98. The Labute approximate surface area is 120 Å². The van der Waals surface area contributed by atoms with Gasteiger partial charge < -0.3 is 10.5 Å². The average molecular weight is 324 g/mol. The Balaban J connectivity index is 2.21. The maximum absolute atomic E-state index is 13.5. The van der Waals surface area contributed by atoms with E-state index in [1.54, 1.807) is 19.1 Å². The van der Waals surface area contributed by atoms with E-state index in [4.69, 9.17) is 10.5 Å². The van der Waals surface area contributed by atoms with Gasteiger partial charge in [-0.05, 0) is 36.2 Å². The van der Waals surface area contributed by atoms with E-state index in [-0.39, 0.29) is 11.9 Å². The molecule has 100 valence electrons. The summed E-state index contributed by atoms with van der Waals surface area (Å²) in [7, 11) is 0. The van der Waals surface area contributed by atoms with Crippen LogP contribution in [-0.4, -0.2) is 6.54 Å². The zero-order valence-corrected chi connectivity index (χ0v) is 12.2. The molecule has 19 heavy (non-hydrogen) atoms. The summed E-state index contributed by atoms with van der Waals surface area (Å²) in [6.45, 7) is 2.04. The van der Waals surface area contributed by atoms with E-state index in [2.05, 4.69) is 15.9 Å². The molecule has 0 bridgehead atoms. The van der Waals surface area contributed by atoms with Gasteiger partial charge in [0.15, 0.2) is 0 Å². The summed E-state index contributed by atoms with van der Waals surface area (Å²) in [5.41, 5.74) is 7.29. The average Bonchev–Trinajstić information content (AvgIpc) is 2.40. The molecule has 0 saturated carbocycles. The number of ether oxygens (including phenoxy) is 1. The molecule has 2 rings (SSSR count). The van der Waals surface area contributed by atoms with Crippen LogP contribution in [0, 0.1) is 12.7 Å². The van der Waals surface area contributed by atoms with Gasteiger partial charge in [0, 0.05) is 17.1 Å². The monoisotopic (exact) mass is 323 g/mol.